The summed E-state index contributed by atoms with van der Waals surface area (Å²) in [5.41, 5.74) is 1.31. The molecule has 1 aliphatic heterocycles. The highest BCUT2D eigenvalue weighted by Gasteiger charge is 2.16. The van der Waals surface area contributed by atoms with Gasteiger partial charge >= 0.3 is 0 Å². The number of aromatic nitrogens is 1. The molecule has 0 saturated carbocycles. The molecule has 0 bridgehead atoms. The molecule has 0 aromatic carbocycles. The van der Waals surface area contributed by atoms with Crippen LogP contribution in [0.3, 0.4) is 0 Å². The summed E-state index contributed by atoms with van der Waals surface area (Å²) in [6.45, 7) is 6.23. The largest absolute Gasteiger partial charge is 0.377 e. The maximum atomic E-state index is 5.63. The molecule has 0 aliphatic carbocycles. The lowest BCUT2D eigenvalue weighted by atomic mass is 10.1. The summed E-state index contributed by atoms with van der Waals surface area (Å²) in [6.07, 6.45) is 4.73. The summed E-state index contributed by atoms with van der Waals surface area (Å²) >= 11 is 1.80. The Morgan fingerprint density at radius 3 is 3.22 bits per heavy atom. The van der Waals surface area contributed by atoms with Crippen molar-refractivity contribution in [2.75, 3.05) is 18.9 Å². The van der Waals surface area contributed by atoms with Crippen molar-refractivity contribution in [3.63, 3.8) is 0 Å². The van der Waals surface area contributed by atoms with Crippen LogP contribution in [0.15, 0.2) is 23.4 Å². The fraction of sp³-hybridized carbons (Fsp3) is 0.643. The average molecular weight is 266 g/mol. The minimum Gasteiger partial charge on any atom is -0.377 e. The first-order chi connectivity index (χ1) is 8.79. The van der Waals surface area contributed by atoms with Crippen LogP contribution in [0.1, 0.15) is 38.3 Å². The predicted molar refractivity (Wildman–Crippen MR) is 76.0 cm³/mol. The van der Waals surface area contributed by atoms with Crippen molar-refractivity contribution in [2.24, 2.45) is 0 Å². The van der Waals surface area contributed by atoms with Crippen molar-refractivity contribution < 1.29 is 4.74 Å². The number of nitrogens with zero attached hydrogens (tertiary/aromatic N) is 1. The van der Waals surface area contributed by atoms with Crippen LogP contribution in [-0.2, 0) is 4.74 Å². The molecule has 2 unspecified atom stereocenters. The third kappa shape index (κ3) is 3.97. The molecule has 100 valence electrons. The second-order valence-electron chi connectivity index (χ2n) is 4.65. The highest BCUT2D eigenvalue weighted by Crippen LogP contribution is 2.24. The van der Waals surface area contributed by atoms with Crippen LogP contribution in [0.2, 0.25) is 0 Å². The molecule has 1 fully saturated rings. The lowest BCUT2D eigenvalue weighted by Crippen LogP contribution is -2.17. The first-order valence-electron chi connectivity index (χ1n) is 6.73. The van der Waals surface area contributed by atoms with Crippen molar-refractivity contribution >= 4 is 11.8 Å². The number of thioether (sulfide) groups is 1. The Bertz CT molecular complexity index is 367. The van der Waals surface area contributed by atoms with Gasteiger partial charge in [-0.1, -0.05) is 6.92 Å². The molecule has 3 nitrogen and oxygen atoms in total. The van der Waals surface area contributed by atoms with E-state index < -0.39 is 0 Å². The third-order valence-electron chi connectivity index (χ3n) is 3.21. The molecule has 1 aromatic heterocycles. The van der Waals surface area contributed by atoms with Gasteiger partial charge in [-0.05, 0) is 44.0 Å². The Morgan fingerprint density at radius 2 is 2.50 bits per heavy atom. The van der Waals surface area contributed by atoms with Gasteiger partial charge in [-0.2, -0.15) is 0 Å². The van der Waals surface area contributed by atoms with E-state index >= 15 is 0 Å². The van der Waals surface area contributed by atoms with Gasteiger partial charge in [0.25, 0.3) is 0 Å². The van der Waals surface area contributed by atoms with Gasteiger partial charge in [0, 0.05) is 24.6 Å². The van der Waals surface area contributed by atoms with E-state index in [1.807, 2.05) is 6.20 Å². The van der Waals surface area contributed by atoms with Gasteiger partial charge in [0.05, 0.1) is 11.1 Å². The minimum atomic E-state index is 0.389. The predicted octanol–water partition coefficient (Wildman–Crippen LogP) is 3.02. The van der Waals surface area contributed by atoms with E-state index in [1.54, 1.807) is 11.8 Å². The lowest BCUT2D eigenvalue weighted by molar-refractivity contribution is 0.129. The fourth-order valence-electron chi connectivity index (χ4n) is 2.15. The van der Waals surface area contributed by atoms with E-state index in [0.29, 0.717) is 12.1 Å². The Hall–Kier alpha value is -0.580. The average Bonchev–Trinajstić information content (AvgIpc) is 2.90. The summed E-state index contributed by atoms with van der Waals surface area (Å²) < 4.78 is 5.63. The lowest BCUT2D eigenvalue weighted by Gasteiger charge is -2.14. The van der Waals surface area contributed by atoms with Gasteiger partial charge < -0.3 is 10.1 Å². The number of hydrogen-bond donors (Lipinski definition) is 1. The molecule has 2 rings (SSSR count). The van der Waals surface area contributed by atoms with Crippen LogP contribution in [0, 0.1) is 0 Å². The van der Waals surface area contributed by atoms with Crippen molar-refractivity contribution in [3.05, 3.63) is 23.9 Å². The SMILES string of the molecule is CCNC(C)c1ccnc(SCC2CCCO2)c1. The van der Waals surface area contributed by atoms with Gasteiger partial charge in [-0.3, -0.25) is 0 Å². The van der Waals surface area contributed by atoms with Crippen LogP contribution in [-0.4, -0.2) is 30.0 Å². The van der Waals surface area contributed by atoms with E-state index in [0.717, 1.165) is 23.9 Å². The molecule has 2 heterocycles. The van der Waals surface area contributed by atoms with E-state index in [4.69, 9.17) is 4.74 Å². The maximum Gasteiger partial charge on any atom is 0.0964 e. The van der Waals surface area contributed by atoms with Gasteiger partial charge in [-0.25, -0.2) is 4.98 Å². The van der Waals surface area contributed by atoms with Gasteiger partial charge in [0.2, 0.25) is 0 Å². The Kier molecular flexibility index (Phi) is 5.47. The Morgan fingerprint density at radius 1 is 1.61 bits per heavy atom. The first-order valence-corrected chi connectivity index (χ1v) is 7.72. The molecule has 0 spiro atoms. The molecule has 1 N–H and O–H groups in total. The number of pyridine rings is 1. The van der Waals surface area contributed by atoms with E-state index in [1.165, 1.54) is 18.4 Å². The standard InChI is InChI=1S/C14H22N2OS/c1-3-15-11(2)12-6-7-16-14(9-12)18-10-13-5-4-8-17-13/h6-7,9,11,13,15H,3-5,8,10H2,1-2H3. The summed E-state index contributed by atoms with van der Waals surface area (Å²) in [5, 5.41) is 4.53. The molecular formula is C14H22N2OS. The molecule has 0 amide bonds. The Balaban J connectivity index is 1.89. The van der Waals surface area contributed by atoms with E-state index in [-0.39, 0.29) is 0 Å². The molecule has 2 atom stereocenters. The molecule has 18 heavy (non-hydrogen) atoms. The van der Waals surface area contributed by atoms with Crippen LogP contribution in [0.4, 0.5) is 0 Å². The normalized spacial score (nSPS) is 21.1. The molecule has 0 radical (unpaired) electrons. The second-order valence-corrected chi connectivity index (χ2v) is 5.69. The number of hydrogen-bond acceptors (Lipinski definition) is 4. The van der Waals surface area contributed by atoms with Crippen LogP contribution >= 0.6 is 11.8 Å². The minimum absolute atomic E-state index is 0.389. The first kappa shape index (κ1) is 13.8. The number of rotatable bonds is 6. The zero-order valence-corrected chi connectivity index (χ0v) is 12.0. The van der Waals surface area contributed by atoms with Crippen molar-refractivity contribution in [2.45, 2.75) is 43.9 Å². The summed E-state index contributed by atoms with van der Waals surface area (Å²) in [5.74, 6) is 1.02. The molecule has 1 saturated heterocycles. The second kappa shape index (κ2) is 7.12. The number of nitrogens with one attached hydrogen (secondary N) is 1. The van der Waals surface area contributed by atoms with Gasteiger partial charge in [0.1, 0.15) is 0 Å². The summed E-state index contributed by atoms with van der Waals surface area (Å²) in [4.78, 5) is 4.42. The number of ether oxygens (including phenoxy) is 1. The summed E-state index contributed by atoms with van der Waals surface area (Å²) in [7, 11) is 0. The Labute approximate surface area is 114 Å². The van der Waals surface area contributed by atoms with Crippen molar-refractivity contribution in [1.82, 2.24) is 10.3 Å². The highest BCUT2D eigenvalue weighted by molar-refractivity contribution is 7.99. The molecule has 1 aromatic rings. The van der Waals surface area contributed by atoms with Gasteiger partial charge in [0.15, 0.2) is 0 Å². The monoisotopic (exact) mass is 266 g/mol. The molecule has 4 heteroatoms. The van der Waals surface area contributed by atoms with Crippen LogP contribution in [0.25, 0.3) is 0 Å². The van der Waals surface area contributed by atoms with Crippen molar-refractivity contribution in [3.8, 4) is 0 Å². The smallest absolute Gasteiger partial charge is 0.0964 e. The molecule has 1 aliphatic rings. The zero-order chi connectivity index (χ0) is 12.8. The fourth-order valence-corrected chi connectivity index (χ4v) is 3.13. The van der Waals surface area contributed by atoms with Crippen LogP contribution < -0.4 is 5.32 Å². The topological polar surface area (TPSA) is 34.2 Å². The van der Waals surface area contributed by atoms with Crippen molar-refractivity contribution in [1.29, 1.82) is 0 Å². The molecular weight excluding hydrogens is 244 g/mol. The quantitative estimate of drug-likeness (QED) is 0.803. The maximum absolute atomic E-state index is 5.63. The van der Waals surface area contributed by atoms with E-state index in [2.05, 4.69) is 36.3 Å². The van der Waals surface area contributed by atoms with E-state index in [9.17, 15) is 0 Å². The highest BCUT2D eigenvalue weighted by atomic mass is 32.2. The summed E-state index contributed by atoms with van der Waals surface area (Å²) in [6, 6.07) is 4.66. The third-order valence-corrected chi connectivity index (χ3v) is 4.27. The zero-order valence-electron chi connectivity index (χ0n) is 11.2. The van der Waals surface area contributed by atoms with Gasteiger partial charge in [-0.15, -0.1) is 11.8 Å². The van der Waals surface area contributed by atoms with Crippen LogP contribution in [0.5, 0.6) is 0 Å².